The second-order valence-electron chi connectivity index (χ2n) is 6.26. The summed E-state index contributed by atoms with van der Waals surface area (Å²) in [6.45, 7) is 0. The zero-order valence-corrected chi connectivity index (χ0v) is 15.1. The van der Waals surface area contributed by atoms with Gasteiger partial charge in [-0.05, 0) is 36.4 Å². The molecular weight excluding hydrogens is 368 g/mol. The van der Waals surface area contributed by atoms with E-state index in [1.165, 1.54) is 24.4 Å². The number of nitrogens with zero attached hydrogens (tertiary/aromatic N) is 3. The Morgan fingerprint density at radius 1 is 1.03 bits per heavy atom. The predicted molar refractivity (Wildman–Crippen MR) is 110 cm³/mol. The number of phenols is 2. The zero-order valence-electron chi connectivity index (χ0n) is 15.1. The number of hydrogen-bond acceptors (Lipinski definition) is 6. The minimum Gasteiger partial charge on any atom is -0.508 e. The Kier molecular flexibility index (Phi) is 4.86. The molecule has 0 aliphatic heterocycles. The molecule has 2 heterocycles. The summed E-state index contributed by atoms with van der Waals surface area (Å²) >= 11 is 0. The molecule has 0 aliphatic carbocycles. The lowest BCUT2D eigenvalue weighted by Crippen LogP contribution is -2.18. The maximum Gasteiger partial charge on any atom is 0.272 e. The Hall–Kier alpha value is -4.26. The molecule has 2 aromatic heterocycles. The molecule has 1 amide bonds. The average molecular weight is 384 g/mol. The highest BCUT2D eigenvalue weighted by molar-refractivity contribution is 6.07. The average Bonchev–Trinajstić information content (AvgIpc) is 2.75. The first-order valence-corrected chi connectivity index (χ1v) is 8.77. The van der Waals surface area contributed by atoms with Crippen molar-refractivity contribution in [3.05, 3.63) is 84.2 Å². The first kappa shape index (κ1) is 18.1. The molecule has 7 heteroatoms. The molecule has 0 aliphatic rings. The molecule has 0 fully saturated rings. The molecule has 4 aromatic rings. The largest absolute Gasteiger partial charge is 0.508 e. The van der Waals surface area contributed by atoms with E-state index >= 15 is 0 Å². The van der Waals surface area contributed by atoms with Gasteiger partial charge in [-0.15, -0.1) is 0 Å². The molecule has 0 unspecified atom stereocenters. The van der Waals surface area contributed by atoms with E-state index in [-0.39, 0.29) is 11.5 Å². The van der Waals surface area contributed by atoms with E-state index in [1.54, 1.807) is 24.5 Å². The van der Waals surface area contributed by atoms with Gasteiger partial charge < -0.3 is 10.2 Å². The quantitative estimate of drug-likeness (QED) is 0.369. The van der Waals surface area contributed by atoms with Gasteiger partial charge in [0.1, 0.15) is 11.5 Å². The van der Waals surface area contributed by atoms with Crippen molar-refractivity contribution in [1.82, 2.24) is 15.4 Å². The summed E-state index contributed by atoms with van der Waals surface area (Å²) in [6, 6.07) is 16.8. The predicted octanol–water partition coefficient (Wildman–Crippen LogP) is 3.47. The number of fused-ring (bicyclic) bond motifs is 1. The summed E-state index contributed by atoms with van der Waals surface area (Å²) in [6.07, 6.45) is 4.66. The first-order chi connectivity index (χ1) is 14.1. The number of phenolic OH excluding ortho intramolecular Hbond substituents is 2. The van der Waals surface area contributed by atoms with Crippen molar-refractivity contribution in [3.8, 4) is 22.8 Å². The maximum absolute atomic E-state index is 12.8. The van der Waals surface area contributed by atoms with Crippen LogP contribution in [0.25, 0.3) is 22.2 Å². The van der Waals surface area contributed by atoms with E-state index in [1.807, 2.05) is 30.3 Å². The smallest absolute Gasteiger partial charge is 0.272 e. The fraction of sp³-hybridized carbons (Fsp3) is 0. The van der Waals surface area contributed by atoms with Crippen LogP contribution in [0.5, 0.6) is 11.5 Å². The molecule has 0 saturated heterocycles. The SMILES string of the molecule is O=C(NN=Cc1ccc(O)cc1O)c1cc(-c2cccnc2)nc2ccccc12. The molecule has 29 heavy (non-hydrogen) atoms. The van der Waals surface area contributed by atoms with Gasteiger partial charge >= 0.3 is 0 Å². The molecule has 0 spiro atoms. The molecule has 4 rings (SSSR count). The number of aromatic hydroxyl groups is 2. The summed E-state index contributed by atoms with van der Waals surface area (Å²) in [5.74, 6) is -0.616. The topological polar surface area (TPSA) is 108 Å². The van der Waals surface area contributed by atoms with Crippen molar-refractivity contribution in [2.45, 2.75) is 0 Å². The molecule has 0 atom stereocenters. The lowest BCUT2D eigenvalue weighted by Gasteiger charge is -2.08. The van der Waals surface area contributed by atoms with E-state index in [0.29, 0.717) is 27.7 Å². The number of hydrazone groups is 1. The van der Waals surface area contributed by atoms with Crippen molar-refractivity contribution in [3.63, 3.8) is 0 Å². The number of carbonyl (C=O) groups excluding carboxylic acids is 1. The Labute approximate surface area is 166 Å². The summed E-state index contributed by atoms with van der Waals surface area (Å²) in [7, 11) is 0. The van der Waals surface area contributed by atoms with Gasteiger partial charge in [-0.1, -0.05) is 18.2 Å². The normalized spacial score (nSPS) is 11.0. The number of aromatic nitrogens is 2. The van der Waals surface area contributed by atoms with Gasteiger partial charge in [0.15, 0.2) is 0 Å². The third-order valence-electron chi connectivity index (χ3n) is 4.30. The van der Waals surface area contributed by atoms with Gasteiger partial charge in [-0.2, -0.15) is 5.10 Å². The van der Waals surface area contributed by atoms with Crippen molar-refractivity contribution in [2.24, 2.45) is 5.10 Å². The Bertz CT molecular complexity index is 1220. The van der Waals surface area contributed by atoms with Gasteiger partial charge in [0, 0.05) is 35.0 Å². The van der Waals surface area contributed by atoms with Crippen LogP contribution in [0.4, 0.5) is 0 Å². The van der Waals surface area contributed by atoms with Gasteiger partial charge in [-0.25, -0.2) is 10.4 Å². The van der Waals surface area contributed by atoms with Crippen molar-refractivity contribution in [2.75, 3.05) is 0 Å². The molecule has 3 N–H and O–H groups in total. The third kappa shape index (κ3) is 3.89. The second kappa shape index (κ2) is 7.77. The number of hydrogen-bond donors (Lipinski definition) is 3. The van der Waals surface area contributed by atoms with E-state index < -0.39 is 5.91 Å². The van der Waals surface area contributed by atoms with Gasteiger partial charge in [0.05, 0.1) is 23.0 Å². The maximum atomic E-state index is 12.8. The fourth-order valence-corrected chi connectivity index (χ4v) is 2.89. The molecule has 142 valence electrons. The van der Waals surface area contributed by atoms with Crippen LogP contribution in [0, 0.1) is 0 Å². The zero-order chi connectivity index (χ0) is 20.2. The van der Waals surface area contributed by atoms with E-state index in [9.17, 15) is 15.0 Å². The van der Waals surface area contributed by atoms with Crippen LogP contribution in [0.3, 0.4) is 0 Å². The van der Waals surface area contributed by atoms with Crippen molar-refractivity contribution in [1.29, 1.82) is 0 Å². The number of benzene rings is 2. The molecular formula is C22H16N4O3. The summed E-state index contributed by atoms with van der Waals surface area (Å²) in [5.41, 5.74) is 5.35. The highest BCUT2D eigenvalue weighted by Gasteiger charge is 2.13. The monoisotopic (exact) mass is 384 g/mol. The highest BCUT2D eigenvalue weighted by Crippen LogP contribution is 2.24. The molecule has 2 aromatic carbocycles. The standard InChI is InChI=1S/C22H16N4O3/c27-16-8-7-15(21(28)10-16)13-24-26-22(29)18-11-20(14-4-3-9-23-12-14)25-19-6-2-1-5-17(18)19/h1-13,27-28H,(H,26,29). The van der Waals surface area contributed by atoms with Crippen LogP contribution < -0.4 is 5.43 Å². The summed E-state index contributed by atoms with van der Waals surface area (Å²) in [5, 5.41) is 23.7. The highest BCUT2D eigenvalue weighted by atomic mass is 16.3. The van der Waals surface area contributed by atoms with Crippen molar-refractivity contribution < 1.29 is 15.0 Å². The number of carbonyl (C=O) groups is 1. The fourth-order valence-electron chi connectivity index (χ4n) is 2.89. The lowest BCUT2D eigenvalue weighted by atomic mass is 10.0. The van der Waals surface area contributed by atoms with Crippen LogP contribution in [-0.2, 0) is 0 Å². The van der Waals surface area contributed by atoms with Crippen LogP contribution in [0.2, 0.25) is 0 Å². The molecule has 0 bridgehead atoms. The van der Waals surface area contributed by atoms with Gasteiger partial charge in [0.25, 0.3) is 5.91 Å². The third-order valence-corrected chi connectivity index (χ3v) is 4.30. The Morgan fingerprint density at radius 2 is 1.90 bits per heavy atom. The van der Waals surface area contributed by atoms with Gasteiger partial charge in [-0.3, -0.25) is 9.78 Å². The minimum absolute atomic E-state index is 0.0603. The number of nitrogens with one attached hydrogen (secondary N) is 1. The molecule has 7 nitrogen and oxygen atoms in total. The van der Waals surface area contributed by atoms with Crippen LogP contribution in [0.1, 0.15) is 15.9 Å². The number of amides is 1. The van der Waals surface area contributed by atoms with Crippen molar-refractivity contribution >= 4 is 23.0 Å². The number of para-hydroxylation sites is 1. The second-order valence-corrected chi connectivity index (χ2v) is 6.26. The van der Waals surface area contributed by atoms with E-state index in [2.05, 4.69) is 20.5 Å². The summed E-state index contributed by atoms with van der Waals surface area (Å²) < 4.78 is 0. The lowest BCUT2D eigenvalue weighted by molar-refractivity contribution is 0.0956. The molecule has 0 radical (unpaired) electrons. The van der Waals surface area contributed by atoms with Crippen LogP contribution in [-0.4, -0.2) is 32.3 Å². The minimum atomic E-state index is -0.414. The Balaban J connectivity index is 1.67. The Morgan fingerprint density at radius 3 is 2.69 bits per heavy atom. The number of pyridine rings is 2. The molecule has 0 saturated carbocycles. The first-order valence-electron chi connectivity index (χ1n) is 8.77. The summed E-state index contributed by atoms with van der Waals surface area (Å²) in [4.78, 5) is 21.5. The van der Waals surface area contributed by atoms with Crippen LogP contribution in [0.15, 0.2) is 78.2 Å². The van der Waals surface area contributed by atoms with E-state index in [4.69, 9.17) is 0 Å². The van der Waals surface area contributed by atoms with E-state index in [0.717, 1.165) is 5.56 Å². The number of rotatable bonds is 4. The van der Waals surface area contributed by atoms with Gasteiger partial charge in [0.2, 0.25) is 0 Å². The van der Waals surface area contributed by atoms with Crippen LogP contribution >= 0.6 is 0 Å².